The first-order valence-corrected chi connectivity index (χ1v) is 13.8. The van der Waals surface area contributed by atoms with Gasteiger partial charge in [0.1, 0.15) is 23.4 Å². The number of anilines is 1. The van der Waals surface area contributed by atoms with E-state index in [9.17, 15) is 10.1 Å². The number of fused-ring (bicyclic) bond motifs is 1. The molecule has 3 aromatic carbocycles. The van der Waals surface area contributed by atoms with Crippen LogP contribution in [-0.2, 0) is 22.6 Å². The van der Waals surface area contributed by atoms with Crippen molar-refractivity contribution in [3.8, 4) is 11.5 Å². The Bertz CT molecular complexity index is 1500. The maximum atomic E-state index is 12.4. The van der Waals surface area contributed by atoms with Gasteiger partial charge in [-0.3, -0.25) is 10.1 Å². The van der Waals surface area contributed by atoms with E-state index in [-0.39, 0.29) is 22.8 Å². The summed E-state index contributed by atoms with van der Waals surface area (Å²) in [5.41, 5.74) is 2.95. The van der Waals surface area contributed by atoms with Crippen LogP contribution in [0.2, 0.25) is 5.02 Å². The number of pyridine rings is 1. The molecule has 0 bridgehead atoms. The molecular weight excluding hydrogens is 546 g/mol. The highest BCUT2D eigenvalue weighted by atomic mass is 35.5. The largest absolute Gasteiger partial charge is 0.497 e. The van der Waals surface area contributed by atoms with Crippen LogP contribution < -0.4 is 14.4 Å². The second-order valence-electron chi connectivity index (χ2n) is 9.89. The maximum Gasteiger partial charge on any atom is 0.311 e. The van der Waals surface area contributed by atoms with E-state index in [2.05, 4.69) is 9.88 Å². The van der Waals surface area contributed by atoms with Crippen molar-refractivity contribution in [2.24, 2.45) is 0 Å². The topological polar surface area (TPSA) is 96.2 Å². The summed E-state index contributed by atoms with van der Waals surface area (Å²) in [5, 5.41) is 13.4. The third kappa shape index (κ3) is 6.70. The number of hydrogen-bond donors (Lipinski definition) is 0. The first-order chi connectivity index (χ1) is 20.0. The fourth-order valence-corrected chi connectivity index (χ4v) is 5.45. The van der Waals surface area contributed by atoms with Crippen molar-refractivity contribution in [1.29, 1.82) is 0 Å². The van der Waals surface area contributed by atoms with Gasteiger partial charge in [0.05, 0.1) is 44.0 Å². The highest BCUT2D eigenvalue weighted by Gasteiger charge is 2.33. The highest BCUT2D eigenvalue weighted by Crippen LogP contribution is 2.41. The van der Waals surface area contributed by atoms with E-state index in [4.69, 9.17) is 30.5 Å². The molecule has 1 aliphatic rings. The van der Waals surface area contributed by atoms with Gasteiger partial charge in [0.2, 0.25) is 0 Å². The molecule has 10 heteroatoms. The molecule has 1 fully saturated rings. The summed E-state index contributed by atoms with van der Waals surface area (Å²) in [6.45, 7) is 1.74. The van der Waals surface area contributed by atoms with Crippen LogP contribution in [-0.4, -0.2) is 49.5 Å². The lowest BCUT2D eigenvalue weighted by molar-refractivity contribution is -0.384. The van der Waals surface area contributed by atoms with Gasteiger partial charge in [-0.25, -0.2) is 4.98 Å². The number of ether oxygens (including phenoxy) is 4. The number of benzene rings is 3. The predicted molar refractivity (Wildman–Crippen MR) is 158 cm³/mol. The normalized spacial score (nSPS) is 16.9. The molecule has 214 valence electrons. The number of methoxy groups -OCH3 is 2. The third-order valence-corrected chi connectivity index (χ3v) is 7.53. The molecule has 0 saturated carbocycles. The number of hydrogen-bond acceptors (Lipinski definition) is 8. The maximum absolute atomic E-state index is 12.4. The van der Waals surface area contributed by atoms with Crippen molar-refractivity contribution < 1.29 is 23.9 Å². The molecule has 0 aliphatic carbocycles. The van der Waals surface area contributed by atoms with Crippen LogP contribution in [0.3, 0.4) is 0 Å². The Morgan fingerprint density at radius 2 is 1.93 bits per heavy atom. The molecular formula is C31H32ClN3O6. The summed E-state index contributed by atoms with van der Waals surface area (Å²) >= 11 is 6.40. The average molecular weight is 578 g/mol. The molecule has 0 amide bonds. The summed E-state index contributed by atoms with van der Waals surface area (Å²) in [6.07, 6.45) is 2.45. The number of rotatable bonds is 11. The molecule has 2 heterocycles. The summed E-state index contributed by atoms with van der Waals surface area (Å²) in [5.74, 6) is 1.29. The van der Waals surface area contributed by atoms with Gasteiger partial charge in [0.15, 0.2) is 0 Å². The van der Waals surface area contributed by atoms with Crippen molar-refractivity contribution in [3.63, 3.8) is 0 Å². The lowest BCUT2D eigenvalue weighted by atomic mass is 9.98. The smallest absolute Gasteiger partial charge is 0.311 e. The quantitative estimate of drug-likeness (QED) is 0.146. The molecule has 1 unspecified atom stereocenters. The van der Waals surface area contributed by atoms with Crippen LogP contribution in [0.5, 0.6) is 11.5 Å². The SMILES string of the molecule is COc1ccc(CN(c2c([N+](=O)[O-])cnc3ccc(Cl)cc23)C2CCO[C@H](COCc3ccccc3)C2)c(OC)c1. The Kier molecular flexibility index (Phi) is 9.18. The fraction of sp³-hybridized carbons (Fsp3) is 0.323. The van der Waals surface area contributed by atoms with E-state index in [1.807, 2.05) is 48.5 Å². The molecule has 9 nitrogen and oxygen atoms in total. The highest BCUT2D eigenvalue weighted by molar-refractivity contribution is 6.31. The van der Waals surface area contributed by atoms with Crippen molar-refractivity contribution in [2.45, 2.75) is 38.1 Å². The Morgan fingerprint density at radius 3 is 2.68 bits per heavy atom. The first-order valence-electron chi connectivity index (χ1n) is 13.4. The van der Waals surface area contributed by atoms with Crippen LogP contribution >= 0.6 is 11.6 Å². The number of nitrogens with zero attached hydrogens (tertiary/aromatic N) is 3. The van der Waals surface area contributed by atoms with Crippen LogP contribution in [0.4, 0.5) is 11.4 Å². The second kappa shape index (κ2) is 13.2. The van der Waals surface area contributed by atoms with Crippen molar-refractivity contribution in [2.75, 3.05) is 32.3 Å². The van der Waals surface area contributed by atoms with Crippen LogP contribution in [0, 0.1) is 10.1 Å². The Morgan fingerprint density at radius 1 is 1.10 bits per heavy atom. The zero-order chi connectivity index (χ0) is 28.8. The summed E-state index contributed by atoms with van der Waals surface area (Å²) in [7, 11) is 3.19. The molecule has 1 saturated heterocycles. The minimum absolute atomic E-state index is 0.0874. The van der Waals surface area contributed by atoms with E-state index < -0.39 is 0 Å². The molecule has 0 N–H and O–H groups in total. The predicted octanol–water partition coefficient (Wildman–Crippen LogP) is 6.58. The molecule has 41 heavy (non-hydrogen) atoms. The Hall–Kier alpha value is -3.92. The van der Waals surface area contributed by atoms with Gasteiger partial charge in [-0.05, 0) is 48.7 Å². The van der Waals surface area contributed by atoms with E-state index in [0.717, 1.165) is 11.1 Å². The second-order valence-corrected chi connectivity index (χ2v) is 10.3. The minimum atomic E-state index is -0.388. The van der Waals surface area contributed by atoms with Gasteiger partial charge in [-0.15, -0.1) is 0 Å². The number of halogens is 1. The summed E-state index contributed by atoms with van der Waals surface area (Å²) < 4.78 is 23.2. The van der Waals surface area contributed by atoms with Crippen LogP contribution in [0.1, 0.15) is 24.0 Å². The zero-order valence-corrected chi connectivity index (χ0v) is 23.8. The molecule has 1 aliphatic heterocycles. The van der Waals surface area contributed by atoms with Gasteiger partial charge in [0.25, 0.3) is 0 Å². The van der Waals surface area contributed by atoms with E-state index in [1.54, 1.807) is 32.4 Å². The number of nitro groups is 1. The molecule has 2 atom stereocenters. The molecule has 5 rings (SSSR count). The summed E-state index contributed by atoms with van der Waals surface area (Å²) in [6, 6.07) is 20.7. The standard InChI is InChI=1S/C31H32ClN3O6/c1-38-25-10-8-22(30(16-25)39-2)18-34(31-27-14-23(32)9-11-28(27)33-17-29(31)35(36)37)24-12-13-41-26(15-24)20-40-19-21-6-4-3-5-7-21/h3-11,14,16-17,24,26H,12-13,15,18-20H2,1-2H3/t24?,26-/m0/s1. The van der Waals surface area contributed by atoms with Crippen LogP contribution in [0.25, 0.3) is 10.9 Å². The van der Waals surface area contributed by atoms with Gasteiger partial charge in [-0.2, -0.15) is 0 Å². The molecule has 1 aromatic heterocycles. The zero-order valence-electron chi connectivity index (χ0n) is 23.0. The molecule has 0 spiro atoms. The van der Waals surface area contributed by atoms with Gasteiger partial charge < -0.3 is 23.8 Å². The van der Waals surface area contributed by atoms with Gasteiger partial charge in [0, 0.05) is 41.2 Å². The van der Waals surface area contributed by atoms with Gasteiger partial charge >= 0.3 is 5.69 Å². The lowest BCUT2D eigenvalue weighted by Crippen LogP contribution is -2.44. The third-order valence-electron chi connectivity index (χ3n) is 7.30. The molecule has 0 radical (unpaired) electrons. The van der Waals surface area contributed by atoms with Crippen molar-refractivity contribution in [3.05, 3.63) is 99.2 Å². The van der Waals surface area contributed by atoms with Crippen LogP contribution in [0.15, 0.2) is 72.9 Å². The minimum Gasteiger partial charge on any atom is -0.497 e. The van der Waals surface area contributed by atoms with E-state index in [1.165, 1.54) is 6.20 Å². The fourth-order valence-electron chi connectivity index (χ4n) is 5.27. The van der Waals surface area contributed by atoms with Gasteiger partial charge in [-0.1, -0.05) is 41.9 Å². The van der Waals surface area contributed by atoms with Crippen molar-refractivity contribution >= 4 is 33.9 Å². The van der Waals surface area contributed by atoms with E-state index >= 15 is 0 Å². The Labute approximate surface area is 243 Å². The van der Waals surface area contributed by atoms with Crippen molar-refractivity contribution in [1.82, 2.24) is 4.98 Å². The monoisotopic (exact) mass is 577 g/mol. The lowest BCUT2D eigenvalue weighted by Gasteiger charge is -2.39. The summed E-state index contributed by atoms with van der Waals surface area (Å²) in [4.78, 5) is 18.4. The molecule has 4 aromatic rings. The Balaban J connectivity index is 1.52. The van der Waals surface area contributed by atoms with E-state index in [0.29, 0.717) is 72.3 Å². The average Bonchev–Trinajstić information content (AvgIpc) is 3.00. The first kappa shape index (κ1) is 28.6. The number of aromatic nitrogens is 1.